The van der Waals surface area contributed by atoms with Gasteiger partial charge in [0.15, 0.2) is 0 Å². The molecule has 0 saturated heterocycles. The number of rotatable bonds is 1. The van der Waals surface area contributed by atoms with Crippen molar-refractivity contribution in [3.63, 3.8) is 0 Å². The molecule has 0 aliphatic carbocycles. The first-order valence-electron chi connectivity index (χ1n) is 2.95. The molecule has 1 aromatic carbocycles. The summed E-state index contributed by atoms with van der Waals surface area (Å²) in [6, 6.07) is 8.64. The fraction of sp³-hybridized carbons (Fsp3) is 0.143. The molecule has 1 N–H and O–H groups in total. The predicted molar refractivity (Wildman–Crippen MR) is 47.9 cm³/mol. The zero-order valence-electron chi connectivity index (χ0n) is 5.97. The number of halogens is 3. The van der Waals surface area contributed by atoms with Crippen molar-refractivity contribution in [2.75, 3.05) is 0 Å². The van der Waals surface area contributed by atoms with Gasteiger partial charge in [-0.2, -0.15) is 0 Å². The average Bonchev–Trinajstić information content (AvgIpc) is 2.08. The van der Waals surface area contributed by atoms with Crippen LogP contribution in [0.1, 0.15) is 5.56 Å². The Kier molecular flexibility index (Phi) is 6.88. The van der Waals surface area contributed by atoms with Crippen molar-refractivity contribution in [1.82, 2.24) is 0 Å². The second-order valence-corrected chi connectivity index (χ2v) is 3.19. The number of alkyl halides is 2. The van der Waals surface area contributed by atoms with Crippen LogP contribution < -0.4 is 0 Å². The first-order valence-corrected chi connectivity index (χ1v) is 8.16. The van der Waals surface area contributed by atoms with Crippen molar-refractivity contribution in [1.29, 1.82) is 0 Å². The molecular formula is C7H6Cl3HfO. The van der Waals surface area contributed by atoms with E-state index in [9.17, 15) is 0 Å². The van der Waals surface area contributed by atoms with Crippen molar-refractivity contribution in [2.24, 2.45) is 0 Å². The molecular weight excluding hydrogens is 385 g/mol. The second-order valence-electron chi connectivity index (χ2n) is 1.91. The molecule has 0 heterocycles. The number of hydrogen-bond donors (Lipinski definition) is 1. The standard InChI is InChI=1S/C7H6Cl2O.ClH.Hf/c8-7(9,10)6-4-2-1-3-5-6;;/h1-5,10H;1H;/q;;+1/p-1. The molecule has 0 fully saturated rings. The quantitative estimate of drug-likeness (QED) is 0.577. The van der Waals surface area contributed by atoms with Gasteiger partial charge in [0.1, 0.15) is 0 Å². The van der Waals surface area contributed by atoms with Crippen LogP contribution in [0, 0.1) is 0 Å². The Labute approximate surface area is 99.8 Å². The van der Waals surface area contributed by atoms with E-state index >= 15 is 0 Å². The summed E-state index contributed by atoms with van der Waals surface area (Å²) in [4.78, 5) is 0. The SMILES string of the molecule is OC(Cl)(Cl)c1ccccc1.[Cl][Hf]. The number of aliphatic hydroxyl groups is 1. The Balaban J connectivity index is 0.000000561. The van der Waals surface area contributed by atoms with Crippen LogP contribution in [-0.4, -0.2) is 5.11 Å². The van der Waals surface area contributed by atoms with E-state index in [1.54, 1.807) is 24.3 Å². The van der Waals surface area contributed by atoms with E-state index in [-0.39, 0.29) is 0 Å². The molecule has 0 spiro atoms. The normalized spacial score (nSPS) is 9.92. The van der Waals surface area contributed by atoms with E-state index in [2.05, 4.69) is 0 Å². The van der Waals surface area contributed by atoms with Crippen molar-refractivity contribution >= 4 is 31.8 Å². The van der Waals surface area contributed by atoms with Crippen LogP contribution in [0.3, 0.4) is 0 Å². The third kappa shape index (κ3) is 4.83. The van der Waals surface area contributed by atoms with Gasteiger partial charge in [0.2, 0.25) is 4.52 Å². The molecule has 0 bridgehead atoms. The summed E-state index contributed by atoms with van der Waals surface area (Å²) < 4.78 is -1.76. The molecule has 1 nitrogen and oxygen atoms in total. The Hall–Kier alpha value is 0.920. The molecule has 0 aliphatic heterocycles. The topological polar surface area (TPSA) is 20.2 Å². The third-order valence-electron chi connectivity index (χ3n) is 1.12. The maximum absolute atomic E-state index is 9.02. The van der Waals surface area contributed by atoms with Crippen LogP contribution in [0.25, 0.3) is 0 Å². The molecule has 0 radical (unpaired) electrons. The van der Waals surface area contributed by atoms with Crippen molar-refractivity contribution < 1.29 is 28.3 Å². The van der Waals surface area contributed by atoms with Crippen LogP contribution in [0.4, 0.5) is 0 Å². The Morgan fingerprint density at radius 3 is 1.75 bits per heavy atom. The van der Waals surface area contributed by atoms with Crippen LogP contribution in [0.15, 0.2) is 30.3 Å². The first kappa shape index (κ1) is 12.9. The van der Waals surface area contributed by atoms with Gasteiger partial charge < -0.3 is 5.11 Å². The van der Waals surface area contributed by atoms with Gasteiger partial charge in [-0.15, -0.1) is 0 Å². The molecule has 0 amide bonds. The minimum atomic E-state index is -1.76. The van der Waals surface area contributed by atoms with Gasteiger partial charge in [-0.05, 0) is 0 Å². The molecule has 0 unspecified atom stereocenters. The zero-order valence-corrected chi connectivity index (χ0v) is 11.8. The Morgan fingerprint density at radius 1 is 1.08 bits per heavy atom. The molecule has 12 heavy (non-hydrogen) atoms. The van der Waals surface area contributed by atoms with Gasteiger partial charge >= 0.3 is 31.8 Å². The molecule has 0 aromatic heterocycles. The maximum atomic E-state index is 9.02. The zero-order chi connectivity index (χ0) is 9.61. The van der Waals surface area contributed by atoms with Crippen LogP contribution in [0.5, 0.6) is 0 Å². The molecule has 1 aromatic rings. The van der Waals surface area contributed by atoms with Crippen LogP contribution in [0.2, 0.25) is 0 Å². The summed E-state index contributed by atoms with van der Waals surface area (Å²) in [5.74, 6) is 0. The first-order chi connectivity index (χ1) is 5.61. The fourth-order valence-electron chi connectivity index (χ4n) is 0.639. The van der Waals surface area contributed by atoms with E-state index in [1.807, 2.05) is 6.07 Å². The predicted octanol–water partition coefficient (Wildman–Crippen LogP) is 2.95. The van der Waals surface area contributed by atoms with Gasteiger partial charge in [-0.1, -0.05) is 53.5 Å². The molecule has 0 atom stereocenters. The monoisotopic (exact) mass is 391 g/mol. The minimum absolute atomic E-state index is 0.485. The van der Waals surface area contributed by atoms with Gasteiger partial charge in [0, 0.05) is 5.56 Å². The van der Waals surface area contributed by atoms with E-state index in [0.29, 0.717) is 5.56 Å². The van der Waals surface area contributed by atoms with Crippen LogP contribution >= 0.6 is 31.8 Å². The van der Waals surface area contributed by atoms with Gasteiger partial charge in [-0.3, -0.25) is 0 Å². The van der Waals surface area contributed by atoms with E-state index in [0.717, 1.165) is 23.2 Å². The van der Waals surface area contributed by atoms with Crippen molar-refractivity contribution in [3.05, 3.63) is 35.9 Å². The molecule has 5 heteroatoms. The van der Waals surface area contributed by atoms with E-state index in [4.69, 9.17) is 36.9 Å². The molecule has 0 aliphatic rings. The fourth-order valence-corrected chi connectivity index (χ4v) is 0.891. The number of hydrogen-bond acceptors (Lipinski definition) is 1. The Morgan fingerprint density at radius 2 is 1.50 bits per heavy atom. The third-order valence-corrected chi connectivity index (χ3v) is 1.56. The summed E-state index contributed by atoms with van der Waals surface area (Å²) in [6.07, 6.45) is 0. The van der Waals surface area contributed by atoms with Crippen molar-refractivity contribution in [3.8, 4) is 0 Å². The summed E-state index contributed by atoms with van der Waals surface area (Å²) >= 11 is 11.5. The van der Waals surface area contributed by atoms with Gasteiger partial charge in [0.25, 0.3) is 0 Å². The molecule has 1 rings (SSSR count). The molecule has 65 valence electrons. The summed E-state index contributed by atoms with van der Waals surface area (Å²) in [5.41, 5.74) is 0.485. The van der Waals surface area contributed by atoms with Gasteiger partial charge in [-0.25, -0.2) is 0 Å². The molecule has 0 saturated carbocycles. The van der Waals surface area contributed by atoms with Gasteiger partial charge in [0.05, 0.1) is 0 Å². The Bertz CT molecular complexity index is 210. The second kappa shape index (κ2) is 6.39. The summed E-state index contributed by atoms with van der Waals surface area (Å²) in [7, 11) is 4.78. The number of benzene rings is 1. The van der Waals surface area contributed by atoms with E-state index in [1.165, 1.54) is 0 Å². The van der Waals surface area contributed by atoms with Crippen LogP contribution in [-0.2, 0) is 27.7 Å². The average molecular weight is 391 g/mol. The summed E-state index contributed by atoms with van der Waals surface area (Å²) in [6.45, 7) is 0. The van der Waals surface area contributed by atoms with Crippen molar-refractivity contribution in [2.45, 2.75) is 4.52 Å². The summed E-state index contributed by atoms with van der Waals surface area (Å²) in [5, 5.41) is 9.02. The van der Waals surface area contributed by atoms with E-state index < -0.39 is 4.52 Å².